The summed E-state index contributed by atoms with van der Waals surface area (Å²) in [7, 11) is 0. The van der Waals surface area contributed by atoms with Crippen molar-refractivity contribution in [2.24, 2.45) is 0 Å². The Labute approximate surface area is 60.8 Å². The van der Waals surface area contributed by atoms with E-state index in [2.05, 4.69) is 55.7 Å². The zero-order valence-electron chi connectivity index (χ0n) is 1.96. The summed E-state index contributed by atoms with van der Waals surface area (Å²) >= 11 is 13.2. The molecule has 5 heteroatoms. The van der Waals surface area contributed by atoms with Gasteiger partial charge in [0, 0.05) is 0 Å². The van der Waals surface area contributed by atoms with Crippen molar-refractivity contribution < 1.29 is 0 Å². The Morgan fingerprint density at radius 2 is 0.800 bits per heavy atom. The molecule has 0 aliphatic carbocycles. The van der Waals surface area contributed by atoms with Crippen LogP contribution in [0.1, 0.15) is 0 Å². The number of halogens is 4. The first-order valence-electron chi connectivity index (χ1n) is 0.676. The first-order chi connectivity index (χ1) is 2.00. The Morgan fingerprint density at radius 3 is 0.800 bits per heavy atom. The molecule has 5 heavy (non-hydrogen) atoms. The van der Waals surface area contributed by atoms with Crippen molar-refractivity contribution in [2.75, 3.05) is 0 Å². The van der Waals surface area contributed by atoms with E-state index in [1.54, 1.807) is 0 Å². The van der Waals surface area contributed by atoms with Crippen LogP contribution < -0.4 is 0 Å². The number of hydrogen-bond donors (Lipinski definition) is 0. The van der Waals surface area contributed by atoms with E-state index >= 15 is 0 Å². The summed E-state index contributed by atoms with van der Waals surface area (Å²) in [4.78, 5) is 0. The summed E-state index contributed by atoms with van der Waals surface area (Å²) in [5, 5.41) is 0. The predicted octanol–water partition coefficient (Wildman–Crippen LogP) is 3.00. The molecular weight excluding hydrogens is 395 g/mol. The van der Waals surface area contributed by atoms with Gasteiger partial charge in [-0.1, -0.05) is 0 Å². The molecule has 0 N–H and O–H groups in total. The third kappa shape index (κ3) is 21.2. The molecule has 0 aromatic carbocycles. The van der Waals surface area contributed by atoms with E-state index in [1.807, 2.05) is 0 Å². The van der Waals surface area contributed by atoms with Gasteiger partial charge in [0.05, 0.1) is 0 Å². The monoisotopic (exact) mass is 391 g/mol. The van der Waals surface area contributed by atoms with Crippen LogP contribution in [0.2, 0.25) is 0 Å². The van der Waals surface area contributed by atoms with Crippen LogP contribution in [0, 0.1) is 0 Å². The third-order valence-corrected chi connectivity index (χ3v) is 0. The molecule has 0 nitrogen and oxygen atoms in total. The Morgan fingerprint density at radius 1 is 0.800 bits per heavy atom. The molecule has 0 saturated carbocycles. The van der Waals surface area contributed by atoms with Crippen LogP contribution >= 0.6 is 55.7 Å². The Bertz CT molecular complexity index is 19.1. The zero-order valence-corrected chi connectivity index (χ0v) is 10.2. The quantitative estimate of drug-likeness (QED) is 0.554. The fraction of sp³-hybridized carbons (Fsp3) is 0. The van der Waals surface area contributed by atoms with Crippen LogP contribution in [0.3, 0.4) is 0 Å². The van der Waals surface area contributed by atoms with Gasteiger partial charge in [-0.2, -0.15) is 0 Å². The van der Waals surface area contributed by atoms with Crippen LogP contribution in [-0.4, -0.2) is 6.09 Å². The van der Waals surface area contributed by atoms with Gasteiger partial charge in [0.1, 0.15) is 0 Å². The van der Waals surface area contributed by atoms with Gasteiger partial charge in [-0.15, -0.1) is 0 Å². The maximum atomic E-state index is 3.30. The summed E-state index contributed by atoms with van der Waals surface area (Å²) < 4.78 is 0. The van der Waals surface area contributed by atoms with Crippen molar-refractivity contribution in [3.63, 3.8) is 0 Å². The average Bonchev–Trinajstić information content (AvgIpc) is 0.722. The van der Waals surface area contributed by atoms with Gasteiger partial charge >= 0.3 is 61.8 Å². The minimum atomic E-state index is -1.62. The van der Waals surface area contributed by atoms with Gasteiger partial charge in [0.2, 0.25) is 0 Å². The van der Waals surface area contributed by atoms with Gasteiger partial charge in [-0.05, 0) is 0 Å². The molecular formula is AsBr4-. The molecule has 0 aliphatic rings. The summed E-state index contributed by atoms with van der Waals surface area (Å²) in [6.07, 6.45) is -1.62. The summed E-state index contributed by atoms with van der Waals surface area (Å²) in [6, 6.07) is 0. The molecule has 0 radical (unpaired) electrons. The molecule has 0 heterocycles. The number of hydrogen-bond acceptors (Lipinski definition) is 0. The Kier molecular flexibility index (Phi) is 4.05. The standard InChI is InChI=1S/AsBr4/c2-1(3,4)5/q-1. The van der Waals surface area contributed by atoms with Gasteiger partial charge in [-0.25, -0.2) is 0 Å². The van der Waals surface area contributed by atoms with E-state index in [9.17, 15) is 0 Å². The van der Waals surface area contributed by atoms with Gasteiger partial charge in [-0.3, -0.25) is 0 Å². The van der Waals surface area contributed by atoms with E-state index in [1.165, 1.54) is 0 Å². The summed E-state index contributed by atoms with van der Waals surface area (Å²) in [5.41, 5.74) is 0. The zero-order chi connectivity index (χ0) is 4.50. The maximum absolute atomic E-state index is 3.30. The molecule has 0 aliphatic heterocycles. The average molecular weight is 395 g/mol. The van der Waals surface area contributed by atoms with Crippen LogP contribution in [0.25, 0.3) is 0 Å². The fourth-order valence-corrected chi connectivity index (χ4v) is 0. The van der Waals surface area contributed by atoms with Crippen molar-refractivity contribution >= 4 is 61.8 Å². The first kappa shape index (κ1) is 7.48. The molecule has 0 bridgehead atoms. The molecule has 0 unspecified atom stereocenters. The molecule has 0 saturated heterocycles. The molecule has 0 fully saturated rings. The molecule has 0 rings (SSSR count). The van der Waals surface area contributed by atoms with Crippen molar-refractivity contribution in [2.45, 2.75) is 0 Å². The molecule has 34 valence electrons. The van der Waals surface area contributed by atoms with Crippen molar-refractivity contribution in [1.82, 2.24) is 0 Å². The molecule has 0 aromatic rings. The molecule has 0 spiro atoms. The van der Waals surface area contributed by atoms with Crippen molar-refractivity contribution in [3.8, 4) is 0 Å². The fourth-order valence-electron chi connectivity index (χ4n) is 0. The number of rotatable bonds is 0. The van der Waals surface area contributed by atoms with Gasteiger partial charge in [0.15, 0.2) is 0 Å². The predicted molar refractivity (Wildman–Crippen MR) is 41.5 cm³/mol. The Hall–Kier alpha value is 2.48. The van der Waals surface area contributed by atoms with E-state index in [-0.39, 0.29) is 0 Å². The second-order valence-corrected chi connectivity index (χ2v) is 53.8. The van der Waals surface area contributed by atoms with E-state index in [4.69, 9.17) is 0 Å². The molecule has 0 aromatic heterocycles. The molecule has 0 atom stereocenters. The topological polar surface area (TPSA) is 0 Å². The SMILES string of the molecule is Br[As-](Br)(Br)Br. The minimum absolute atomic E-state index is 1.62. The summed E-state index contributed by atoms with van der Waals surface area (Å²) in [5.74, 6) is 0. The van der Waals surface area contributed by atoms with E-state index < -0.39 is 6.09 Å². The second kappa shape index (κ2) is 2.70. The van der Waals surface area contributed by atoms with Crippen LogP contribution in [0.4, 0.5) is 0 Å². The van der Waals surface area contributed by atoms with Crippen LogP contribution in [0.5, 0.6) is 0 Å². The van der Waals surface area contributed by atoms with E-state index in [0.29, 0.717) is 0 Å². The molecule has 0 amide bonds. The van der Waals surface area contributed by atoms with Crippen molar-refractivity contribution in [1.29, 1.82) is 0 Å². The van der Waals surface area contributed by atoms with Crippen LogP contribution in [0.15, 0.2) is 0 Å². The van der Waals surface area contributed by atoms with Gasteiger partial charge in [0.25, 0.3) is 0 Å². The van der Waals surface area contributed by atoms with Crippen LogP contribution in [-0.2, 0) is 0 Å². The Balaban J connectivity index is 3.02. The van der Waals surface area contributed by atoms with Gasteiger partial charge < -0.3 is 0 Å². The normalized spacial score (nSPS) is 15.2. The first-order valence-corrected chi connectivity index (χ1v) is 18.3. The second-order valence-electron chi connectivity index (χ2n) is 0.383. The summed E-state index contributed by atoms with van der Waals surface area (Å²) in [6.45, 7) is 0. The third-order valence-electron chi connectivity index (χ3n) is 0. The van der Waals surface area contributed by atoms with Crippen molar-refractivity contribution in [3.05, 3.63) is 0 Å². The van der Waals surface area contributed by atoms with E-state index in [0.717, 1.165) is 0 Å².